The summed E-state index contributed by atoms with van der Waals surface area (Å²) in [6.45, 7) is 7.50. The van der Waals surface area contributed by atoms with Gasteiger partial charge in [0.15, 0.2) is 0 Å². The standard InChI is InChI=1S/C17H23N3/c1-11(18-4)17-12(2)19-20(13(17)3)10-15-9-14-7-5-6-8-16(14)15/h5-8,11,15,18H,9-10H2,1-4H3. The SMILES string of the molecule is CNC(C)c1c(C)nn(CC2Cc3ccccc32)c1C. The third-order valence-corrected chi connectivity index (χ3v) is 4.66. The van der Waals surface area contributed by atoms with Crippen LogP contribution in [0.5, 0.6) is 0 Å². The van der Waals surface area contributed by atoms with Gasteiger partial charge in [-0.1, -0.05) is 24.3 Å². The van der Waals surface area contributed by atoms with E-state index < -0.39 is 0 Å². The minimum atomic E-state index is 0.359. The Bertz CT molecular complexity index is 627. The van der Waals surface area contributed by atoms with Crippen LogP contribution in [-0.2, 0) is 13.0 Å². The van der Waals surface area contributed by atoms with Gasteiger partial charge in [0.1, 0.15) is 0 Å². The van der Waals surface area contributed by atoms with Crippen LogP contribution in [0.3, 0.4) is 0 Å². The molecule has 1 N–H and O–H groups in total. The number of rotatable bonds is 4. The minimum Gasteiger partial charge on any atom is -0.313 e. The number of aromatic nitrogens is 2. The fraction of sp³-hybridized carbons (Fsp3) is 0.471. The maximum absolute atomic E-state index is 4.75. The molecule has 3 heteroatoms. The molecule has 20 heavy (non-hydrogen) atoms. The second-order valence-electron chi connectivity index (χ2n) is 5.88. The second kappa shape index (κ2) is 5.06. The molecule has 3 rings (SSSR count). The topological polar surface area (TPSA) is 29.9 Å². The molecule has 1 aromatic heterocycles. The third-order valence-electron chi connectivity index (χ3n) is 4.66. The lowest BCUT2D eigenvalue weighted by Gasteiger charge is -2.30. The van der Waals surface area contributed by atoms with Crippen molar-refractivity contribution in [1.82, 2.24) is 15.1 Å². The molecule has 0 bridgehead atoms. The molecule has 0 radical (unpaired) electrons. The summed E-state index contributed by atoms with van der Waals surface area (Å²) in [6, 6.07) is 9.12. The quantitative estimate of drug-likeness (QED) is 0.924. The lowest BCUT2D eigenvalue weighted by molar-refractivity contribution is 0.465. The first-order valence-corrected chi connectivity index (χ1v) is 7.40. The zero-order chi connectivity index (χ0) is 14.3. The van der Waals surface area contributed by atoms with Crippen molar-refractivity contribution >= 4 is 0 Å². The number of hydrogen-bond acceptors (Lipinski definition) is 2. The van der Waals surface area contributed by atoms with Crippen molar-refractivity contribution in [1.29, 1.82) is 0 Å². The van der Waals surface area contributed by atoms with E-state index in [1.165, 1.54) is 28.8 Å². The number of benzene rings is 1. The molecule has 106 valence electrons. The van der Waals surface area contributed by atoms with E-state index in [1.54, 1.807) is 0 Å². The average Bonchev–Trinajstić information content (AvgIpc) is 2.70. The van der Waals surface area contributed by atoms with E-state index >= 15 is 0 Å². The first-order chi connectivity index (χ1) is 9.61. The van der Waals surface area contributed by atoms with Crippen molar-refractivity contribution in [3.8, 4) is 0 Å². The number of nitrogens with one attached hydrogen (secondary N) is 1. The van der Waals surface area contributed by atoms with Crippen LogP contribution >= 0.6 is 0 Å². The highest BCUT2D eigenvalue weighted by molar-refractivity contribution is 5.40. The fourth-order valence-corrected chi connectivity index (χ4v) is 3.39. The Balaban J connectivity index is 1.83. The number of fused-ring (bicyclic) bond motifs is 1. The monoisotopic (exact) mass is 269 g/mol. The minimum absolute atomic E-state index is 0.359. The first kappa shape index (κ1) is 13.4. The van der Waals surface area contributed by atoms with Gasteiger partial charge in [0.05, 0.1) is 5.69 Å². The maximum atomic E-state index is 4.75. The Morgan fingerprint density at radius 2 is 2.10 bits per heavy atom. The molecular formula is C17H23N3. The Labute approximate surface area is 121 Å². The van der Waals surface area contributed by atoms with Crippen LogP contribution in [0, 0.1) is 13.8 Å². The molecule has 2 unspecified atom stereocenters. The van der Waals surface area contributed by atoms with Crippen LogP contribution in [0.15, 0.2) is 24.3 Å². The predicted molar refractivity (Wildman–Crippen MR) is 82.1 cm³/mol. The van der Waals surface area contributed by atoms with Gasteiger partial charge in [-0.2, -0.15) is 5.10 Å². The Morgan fingerprint density at radius 3 is 2.80 bits per heavy atom. The summed E-state index contributed by atoms with van der Waals surface area (Å²) in [6.07, 6.45) is 1.19. The molecule has 1 heterocycles. The van der Waals surface area contributed by atoms with Gasteiger partial charge in [-0.3, -0.25) is 4.68 Å². The van der Waals surface area contributed by atoms with Crippen LogP contribution in [0.4, 0.5) is 0 Å². The highest BCUT2D eigenvalue weighted by Gasteiger charge is 2.27. The van der Waals surface area contributed by atoms with Crippen molar-refractivity contribution in [3.05, 3.63) is 52.3 Å². The molecule has 1 aromatic carbocycles. The van der Waals surface area contributed by atoms with Gasteiger partial charge in [0.25, 0.3) is 0 Å². The van der Waals surface area contributed by atoms with Crippen molar-refractivity contribution in [2.45, 2.75) is 45.7 Å². The smallest absolute Gasteiger partial charge is 0.0644 e. The molecule has 0 saturated carbocycles. The largest absolute Gasteiger partial charge is 0.313 e. The first-order valence-electron chi connectivity index (χ1n) is 7.40. The Morgan fingerprint density at radius 1 is 1.35 bits per heavy atom. The molecule has 0 fully saturated rings. The Kier molecular flexibility index (Phi) is 3.38. The summed E-state index contributed by atoms with van der Waals surface area (Å²) >= 11 is 0. The molecule has 0 amide bonds. The molecular weight excluding hydrogens is 246 g/mol. The molecule has 2 aromatic rings. The molecule has 1 aliphatic rings. The normalized spacial score (nSPS) is 18.5. The van der Waals surface area contributed by atoms with Crippen molar-refractivity contribution < 1.29 is 0 Å². The predicted octanol–water partition coefficient (Wildman–Crippen LogP) is 3.12. The molecule has 0 spiro atoms. The average molecular weight is 269 g/mol. The second-order valence-corrected chi connectivity index (χ2v) is 5.88. The fourth-order valence-electron chi connectivity index (χ4n) is 3.39. The third kappa shape index (κ3) is 2.06. The molecule has 0 aliphatic heterocycles. The van der Waals surface area contributed by atoms with E-state index in [4.69, 9.17) is 5.10 Å². The van der Waals surface area contributed by atoms with Gasteiger partial charge < -0.3 is 5.32 Å². The molecule has 3 nitrogen and oxygen atoms in total. The summed E-state index contributed by atoms with van der Waals surface area (Å²) in [7, 11) is 2.00. The zero-order valence-electron chi connectivity index (χ0n) is 12.8. The molecule has 1 aliphatic carbocycles. The summed E-state index contributed by atoms with van der Waals surface area (Å²) in [5.41, 5.74) is 6.80. The zero-order valence-corrected chi connectivity index (χ0v) is 12.8. The van der Waals surface area contributed by atoms with E-state index in [9.17, 15) is 0 Å². The van der Waals surface area contributed by atoms with Crippen LogP contribution in [0.1, 0.15) is 47.0 Å². The van der Waals surface area contributed by atoms with Crippen LogP contribution in [-0.4, -0.2) is 16.8 Å². The molecule has 2 atom stereocenters. The van der Waals surface area contributed by atoms with Gasteiger partial charge in [-0.15, -0.1) is 0 Å². The highest BCUT2D eigenvalue weighted by Crippen LogP contribution is 2.36. The van der Waals surface area contributed by atoms with E-state index in [-0.39, 0.29) is 0 Å². The highest BCUT2D eigenvalue weighted by atomic mass is 15.3. The van der Waals surface area contributed by atoms with Gasteiger partial charge in [0.2, 0.25) is 0 Å². The number of hydrogen-bond donors (Lipinski definition) is 1. The van der Waals surface area contributed by atoms with Gasteiger partial charge in [-0.05, 0) is 45.4 Å². The van der Waals surface area contributed by atoms with E-state index in [2.05, 4.69) is 55.0 Å². The van der Waals surface area contributed by atoms with E-state index in [0.717, 1.165) is 12.2 Å². The van der Waals surface area contributed by atoms with Crippen molar-refractivity contribution in [2.24, 2.45) is 0 Å². The van der Waals surface area contributed by atoms with Crippen LogP contribution in [0.25, 0.3) is 0 Å². The van der Waals surface area contributed by atoms with Gasteiger partial charge in [0, 0.05) is 29.8 Å². The lowest BCUT2D eigenvalue weighted by atomic mass is 9.77. The summed E-state index contributed by atoms with van der Waals surface area (Å²) in [4.78, 5) is 0. The van der Waals surface area contributed by atoms with Crippen LogP contribution < -0.4 is 5.32 Å². The summed E-state index contributed by atoms with van der Waals surface area (Å²) in [5.74, 6) is 0.627. The van der Waals surface area contributed by atoms with Crippen LogP contribution in [0.2, 0.25) is 0 Å². The summed E-state index contributed by atoms with van der Waals surface area (Å²) < 4.78 is 2.19. The van der Waals surface area contributed by atoms with Crippen molar-refractivity contribution in [2.75, 3.05) is 7.05 Å². The van der Waals surface area contributed by atoms with E-state index in [0.29, 0.717) is 12.0 Å². The summed E-state index contributed by atoms with van der Waals surface area (Å²) in [5, 5.41) is 8.07. The van der Waals surface area contributed by atoms with Gasteiger partial charge in [-0.25, -0.2) is 0 Å². The number of aryl methyl sites for hydroxylation is 1. The molecule has 0 saturated heterocycles. The van der Waals surface area contributed by atoms with Crippen molar-refractivity contribution in [3.63, 3.8) is 0 Å². The van der Waals surface area contributed by atoms with E-state index in [1.807, 2.05) is 7.05 Å². The van der Waals surface area contributed by atoms with Gasteiger partial charge >= 0.3 is 0 Å². The lowest BCUT2D eigenvalue weighted by Crippen LogP contribution is -2.23. The number of nitrogens with zero attached hydrogens (tertiary/aromatic N) is 2. The Hall–Kier alpha value is -1.61. The maximum Gasteiger partial charge on any atom is 0.0644 e.